The van der Waals surface area contributed by atoms with E-state index in [-0.39, 0.29) is 18.4 Å². The van der Waals surface area contributed by atoms with Crippen molar-refractivity contribution in [3.8, 4) is 0 Å². The number of aliphatic carboxylic acids is 1. The molecule has 2 aliphatic rings. The summed E-state index contributed by atoms with van der Waals surface area (Å²) in [5.41, 5.74) is -0.559. The highest BCUT2D eigenvalue weighted by atomic mass is 16.4. The van der Waals surface area contributed by atoms with E-state index in [0.717, 1.165) is 32.1 Å². The average molecular weight is 284 g/mol. The summed E-state index contributed by atoms with van der Waals surface area (Å²) in [6, 6.07) is -0.386. The van der Waals surface area contributed by atoms with Gasteiger partial charge in [0, 0.05) is 13.6 Å². The third-order valence-electron chi connectivity index (χ3n) is 4.71. The zero-order valence-corrected chi connectivity index (χ0v) is 12.0. The highest BCUT2D eigenvalue weighted by molar-refractivity contribution is 5.83. The van der Waals surface area contributed by atoms with Crippen molar-refractivity contribution in [2.45, 2.75) is 62.6 Å². The first-order valence-electron chi connectivity index (χ1n) is 7.35. The van der Waals surface area contributed by atoms with E-state index in [2.05, 4.69) is 5.32 Å². The number of nitrogens with one attached hydrogen (secondary N) is 1. The van der Waals surface area contributed by atoms with Gasteiger partial charge in [0.05, 0.1) is 24.1 Å². The van der Waals surface area contributed by atoms with E-state index in [1.807, 2.05) is 0 Å². The third kappa shape index (κ3) is 3.12. The lowest BCUT2D eigenvalue weighted by Gasteiger charge is -2.44. The summed E-state index contributed by atoms with van der Waals surface area (Å²) in [6.45, 7) is 0.427. The van der Waals surface area contributed by atoms with Crippen LogP contribution >= 0.6 is 0 Å². The predicted octanol–water partition coefficient (Wildman–Crippen LogP) is 0.345. The minimum atomic E-state index is -0.856. The van der Waals surface area contributed by atoms with Crippen LogP contribution < -0.4 is 5.32 Å². The number of rotatable bonds is 4. The number of aliphatic hydroxyl groups excluding tert-OH is 1. The molecule has 0 aromatic rings. The molecule has 1 amide bonds. The Morgan fingerprint density at radius 2 is 1.95 bits per heavy atom. The first-order chi connectivity index (χ1) is 9.44. The summed E-state index contributed by atoms with van der Waals surface area (Å²) in [6.07, 6.45) is 4.45. The Morgan fingerprint density at radius 1 is 1.30 bits per heavy atom. The highest BCUT2D eigenvalue weighted by Crippen LogP contribution is 2.36. The first-order valence-corrected chi connectivity index (χ1v) is 7.35. The van der Waals surface area contributed by atoms with Crippen molar-refractivity contribution in [3.05, 3.63) is 0 Å². The molecule has 0 aromatic carbocycles. The molecule has 1 aliphatic heterocycles. The molecule has 1 saturated heterocycles. The lowest BCUT2D eigenvalue weighted by molar-refractivity contribution is -0.146. The molecular weight excluding hydrogens is 260 g/mol. The molecule has 2 atom stereocenters. The summed E-state index contributed by atoms with van der Waals surface area (Å²) in [7, 11) is 1.71. The van der Waals surface area contributed by atoms with Crippen LogP contribution in [0, 0.1) is 0 Å². The van der Waals surface area contributed by atoms with Crippen LogP contribution in [0.5, 0.6) is 0 Å². The minimum Gasteiger partial charge on any atom is -0.481 e. The molecule has 0 radical (unpaired) electrons. The summed E-state index contributed by atoms with van der Waals surface area (Å²) < 4.78 is 0. The van der Waals surface area contributed by atoms with Crippen LogP contribution in [0.15, 0.2) is 0 Å². The van der Waals surface area contributed by atoms with Crippen molar-refractivity contribution in [2.24, 2.45) is 0 Å². The molecule has 114 valence electrons. The van der Waals surface area contributed by atoms with Gasteiger partial charge in [0.25, 0.3) is 0 Å². The molecule has 6 heteroatoms. The molecule has 20 heavy (non-hydrogen) atoms. The van der Waals surface area contributed by atoms with E-state index >= 15 is 0 Å². The van der Waals surface area contributed by atoms with Crippen LogP contribution in [-0.2, 0) is 9.59 Å². The van der Waals surface area contributed by atoms with E-state index in [1.165, 1.54) is 0 Å². The van der Waals surface area contributed by atoms with Crippen LogP contribution in [0.25, 0.3) is 0 Å². The van der Waals surface area contributed by atoms with Crippen molar-refractivity contribution in [2.75, 3.05) is 13.6 Å². The quantitative estimate of drug-likeness (QED) is 0.693. The second-order valence-electron chi connectivity index (χ2n) is 6.10. The lowest BCUT2D eigenvalue weighted by atomic mass is 9.77. The molecular formula is C14H24N2O4. The van der Waals surface area contributed by atoms with Gasteiger partial charge < -0.3 is 20.4 Å². The van der Waals surface area contributed by atoms with Gasteiger partial charge in [-0.05, 0) is 19.3 Å². The zero-order valence-electron chi connectivity index (χ0n) is 12.0. The van der Waals surface area contributed by atoms with Gasteiger partial charge in [-0.1, -0.05) is 19.3 Å². The van der Waals surface area contributed by atoms with Gasteiger partial charge in [0.1, 0.15) is 0 Å². The lowest BCUT2D eigenvalue weighted by Crippen LogP contribution is -2.56. The van der Waals surface area contributed by atoms with Crippen LogP contribution in [0.3, 0.4) is 0 Å². The number of carboxylic acid groups (broad SMARTS) is 1. The number of carbonyl (C=O) groups is 2. The second-order valence-corrected chi connectivity index (χ2v) is 6.10. The number of hydrogen-bond donors (Lipinski definition) is 3. The zero-order chi connectivity index (χ0) is 14.8. The van der Waals surface area contributed by atoms with Gasteiger partial charge in [-0.2, -0.15) is 0 Å². The fourth-order valence-electron chi connectivity index (χ4n) is 3.49. The standard InChI is InChI=1S/C14H24N2O4/c1-16(13(20)11-7-10(17)9-15-11)14(8-12(18)19)5-3-2-4-6-14/h10-11,15,17H,2-9H2,1H3,(H,18,19). The topological polar surface area (TPSA) is 89.9 Å². The van der Waals surface area contributed by atoms with Crippen molar-refractivity contribution in [1.29, 1.82) is 0 Å². The summed E-state index contributed by atoms with van der Waals surface area (Å²) >= 11 is 0. The molecule has 3 N–H and O–H groups in total. The highest BCUT2D eigenvalue weighted by Gasteiger charge is 2.43. The van der Waals surface area contributed by atoms with Crippen LogP contribution in [0.1, 0.15) is 44.9 Å². The van der Waals surface area contributed by atoms with Crippen LogP contribution in [0.4, 0.5) is 0 Å². The monoisotopic (exact) mass is 284 g/mol. The van der Waals surface area contributed by atoms with Crippen molar-refractivity contribution in [1.82, 2.24) is 10.2 Å². The fourth-order valence-corrected chi connectivity index (χ4v) is 3.49. The largest absolute Gasteiger partial charge is 0.481 e. The van der Waals surface area contributed by atoms with Gasteiger partial charge in [0.2, 0.25) is 5.91 Å². The normalized spacial score (nSPS) is 29.1. The second kappa shape index (κ2) is 6.10. The molecule has 1 saturated carbocycles. The molecule has 0 bridgehead atoms. The number of amides is 1. The van der Waals surface area contributed by atoms with E-state index in [0.29, 0.717) is 13.0 Å². The fraction of sp³-hybridized carbons (Fsp3) is 0.857. The van der Waals surface area contributed by atoms with Gasteiger partial charge in [-0.25, -0.2) is 0 Å². The van der Waals surface area contributed by atoms with Crippen molar-refractivity contribution >= 4 is 11.9 Å². The van der Waals surface area contributed by atoms with E-state index in [9.17, 15) is 19.8 Å². The average Bonchev–Trinajstić information content (AvgIpc) is 2.84. The van der Waals surface area contributed by atoms with Crippen molar-refractivity contribution < 1.29 is 19.8 Å². The number of hydrogen-bond acceptors (Lipinski definition) is 4. The number of β-amino-alcohol motifs (C(OH)–C–C–N with tert-alkyl or cyclic N) is 1. The molecule has 1 heterocycles. The van der Waals surface area contributed by atoms with Crippen LogP contribution in [-0.4, -0.2) is 58.3 Å². The Bertz CT molecular complexity index is 379. The van der Waals surface area contributed by atoms with Gasteiger partial charge >= 0.3 is 5.97 Å². The van der Waals surface area contributed by atoms with Gasteiger partial charge in [0.15, 0.2) is 0 Å². The van der Waals surface area contributed by atoms with Gasteiger partial charge in [-0.3, -0.25) is 9.59 Å². The Labute approximate surface area is 119 Å². The Kier molecular flexibility index (Phi) is 4.65. The molecule has 0 aromatic heterocycles. The summed E-state index contributed by atoms with van der Waals surface area (Å²) in [4.78, 5) is 25.4. The van der Waals surface area contributed by atoms with E-state index in [4.69, 9.17) is 0 Å². The molecule has 2 fully saturated rings. The SMILES string of the molecule is CN(C(=O)C1CC(O)CN1)C1(CC(=O)O)CCCCC1. The minimum absolute atomic E-state index is 0.00448. The number of carbonyl (C=O) groups excluding carboxylic acids is 1. The molecule has 0 spiro atoms. The van der Waals surface area contributed by atoms with E-state index in [1.54, 1.807) is 11.9 Å². The summed E-state index contributed by atoms with van der Waals surface area (Å²) in [5, 5.41) is 21.7. The maximum atomic E-state index is 12.5. The number of carboxylic acids is 1. The maximum absolute atomic E-state index is 12.5. The molecule has 1 aliphatic carbocycles. The van der Waals surface area contributed by atoms with Crippen molar-refractivity contribution in [3.63, 3.8) is 0 Å². The number of aliphatic hydroxyl groups is 1. The predicted molar refractivity (Wildman–Crippen MR) is 73.3 cm³/mol. The maximum Gasteiger partial charge on any atom is 0.305 e. The van der Waals surface area contributed by atoms with Crippen LogP contribution in [0.2, 0.25) is 0 Å². The Balaban J connectivity index is 2.11. The van der Waals surface area contributed by atoms with Gasteiger partial charge in [-0.15, -0.1) is 0 Å². The summed E-state index contributed by atoms with van der Waals surface area (Å²) in [5.74, 6) is -0.948. The Morgan fingerprint density at radius 3 is 2.45 bits per heavy atom. The third-order valence-corrected chi connectivity index (χ3v) is 4.71. The number of nitrogens with zero attached hydrogens (tertiary/aromatic N) is 1. The molecule has 2 unspecified atom stereocenters. The Hall–Kier alpha value is -1.14. The number of likely N-dealkylation sites (N-methyl/N-ethyl adjacent to an activating group) is 1. The smallest absolute Gasteiger partial charge is 0.305 e. The van der Waals surface area contributed by atoms with E-state index < -0.39 is 17.6 Å². The molecule has 2 rings (SSSR count). The first kappa shape index (κ1) is 15.3. The molecule has 6 nitrogen and oxygen atoms in total.